The Labute approximate surface area is 137 Å². The van der Waals surface area contributed by atoms with Gasteiger partial charge >= 0.3 is 0 Å². The number of benzene rings is 1. The van der Waals surface area contributed by atoms with Gasteiger partial charge in [0.05, 0.1) is 0 Å². The summed E-state index contributed by atoms with van der Waals surface area (Å²) in [6, 6.07) is 8.82. The van der Waals surface area contributed by atoms with Crippen LogP contribution in [0.3, 0.4) is 0 Å². The van der Waals surface area contributed by atoms with E-state index in [1.807, 2.05) is 19.1 Å². The molecule has 0 saturated carbocycles. The summed E-state index contributed by atoms with van der Waals surface area (Å²) in [4.78, 5) is 4.37. The van der Waals surface area contributed by atoms with Crippen LogP contribution in [0.4, 0.5) is 4.39 Å². The second-order valence-corrected chi connectivity index (χ2v) is 6.15. The summed E-state index contributed by atoms with van der Waals surface area (Å²) in [6.45, 7) is 2.85. The van der Waals surface area contributed by atoms with Crippen molar-refractivity contribution in [3.63, 3.8) is 0 Å². The summed E-state index contributed by atoms with van der Waals surface area (Å²) in [5, 5.41) is 3.85. The Bertz CT molecular complexity index is 569. The molecule has 2 aromatic rings. The molecule has 2 rings (SSSR count). The van der Waals surface area contributed by atoms with Gasteiger partial charge in [-0.1, -0.05) is 24.6 Å². The Morgan fingerprint density at radius 3 is 2.71 bits per heavy atom. The Morgan fingerprint density at radius 1 is 1.29 bits per heavy atom. The highest BCUT2D eigenvalue weighted by molar-refractivity contribution is 9.10. The van der Waals surface area contributed by atoms with Crippen LogP contribution < -0.4 is 5.32 Å². The summed E-state index contributed by atoms with van der Waals surface area (Å²) < 4.78 is 14.9. The van der Waals surface area contributed by atoms with Gasteiger partial charge in [-0.05, 0) is 53.2 Å². The predicted octanol–water partition coefficient (Wildman–Crippen LogP) is 4.40. The van der Waals surface area contributed by atoms with Gasteiger partial charge in [0.2, 0.25) is 0 Å². The van der Waals surface area contributed by atoms with E-state index in [-0.39, 0.29) is 11.9 Å². The third-order valence-corrected chi connectivity index (χ3v) is 4.07. The van der Waals surface area contributed by atoms with E-state index in [2.05, 4.69) is 26.2 Å². The van der Waals surface area contributed by atoms with Crippen molar-refractivity contribution in [1.82, 2.24) is 10.3 Å². The molecule has 1 atom stereocenters. The van der Waals surface area contributed by atoms with Gasteiger partial charge in [0, 0.05) is 39.4 Å². The van der Waals surface area contributed by atoms with Crippen molar-refractivity contribution in [2.75, 3.05) is 6.54 Å². The van der Waals surface area contributed by atoms with Crippen LogP contribution in [0.25, 0.3) is 0 Å². The fraction of sp³-hybridized carbons (Fsp3) is 0.312. The number of likely N-dealkylation sites (N-methyl/N-ethyl adjacent to an activating group) is 1. The minimum atomic E-state index is -0.255. The Balaban J connectivity index is 2.13. The molecule has 0 spiro atoms. The zero-order chi connectivity index (χ0) is 15.2. The van der Waals surface area contributed by atoms with E-state index in [9.17, 15) is 4.39 Å². The summed E-state index contributed by atoms with van der Waals surface area (Å²) in [6.07, 6.45) is 3.04. The lowest BCUT2D eigenvalue weighted by Crippen LogP contribution is -2.33. The van der Waals surface area contributed by atoms with Crippen LogP contribution in [0.2, 0.25) is 5.02 Å². The molecule has 0 fully saturated rings. The zero-order valence-electron chi connectivity index (χ0n) is 11.7. The van der Waals surface area contributed by atoms with Crippen LogP contribution in [0.5, 0.6) is 0 Å². The first-order chi connectivity index (χ1) is 10.1. The molecule has 0 aliphatic carbocycles. The van der Waals surface area contributed by atoms with Gasteiger partial charge in [-0.2, -0.15) is 0 Å². The molecule has 2 nitrogen and oxygen atoms in total. The summed E-state index contributed by atoms with van der Waals surface area (Å²) in [7, 11) is 0. The third kappa shape index (κ3) is 4.77. The van der Waals surface area contributed by atoms with E-state index in [4.69, 9.17) is 11.6 Å². The molecule has 1 aromatic heterocycles. The zero-order valence-corrected chi connectivity index (χ0v) is 14.1. The number of halogens is 3. The van der Waals surface area contributed by atoms with Gasteiger partial charge in [0.25, 0.3) is 0 Å². The van der Waals surface area contributed by atoms with Crippen LogP contribution in [0, 0.1) is 5.82 Å². The first-order valence-corrected chi connectivity index (χ1v) is 8.04. The molecule has 0 radical (unpaired) electrons. The molecular weight excluding hydrogens is 355 g/mol. The molecule has 0 amide bonds. The van der Waals surface area contributed by atoms with Crippen molar-refractivity contribution in [1.29, 1.82) is 0 Å². The molecule has 0 aliphatic rings. The number of pyridine rings is 1. The Kier molecular flexibility index (Phi) is 6.15. The molecule has 0 saturated heterocycles. The number of hydrogen-bond donors (Lipinski definition) is 1. The van der Waals surface area contributed by atoms with Gasteiger partial charge in [-0.3, -0.25) is 4.98 Å². The highest BCUT2D eigenvalue weighted by Gasteiger charge is 2.15. The van der Waals surface area contributed by atoms with Crippen molar-refractivity contribution in [3.05, 3.63) is 63.1 Å². The smallest absolute Gasteiger partial charge is 0.127 e. The average Bonchev–Trinajstić information content (AvgIpc) is 2.45. The van der Waals surface area contributed by atoms with Crippen molar-refractivity contribution in [3.8, 4) is 0 Å². The minimum absolute atomic E-state index is 0.0954. The lowest BCUT2D eigenvalue weighted by Gasteiger charge is -2.18. The molecule has 5 heteroatoms. The molecule has 0 bridgehead atoms. The standard InChI is InChI=1S/C16H17BrClFN2/c1-2-20-13(8-12-7-6-11(17)10-21-12)9-14-15(18)4-3-5-16(14)19/h3-7,10,13,20H,2,8-9H2,1H3. The molecule has 1 unspecified atom stereocenters. The average molecular weight is 372 g/mol. The molecular formula is C16H17BrClFN2. The fourth-order valence-corrected chi connectivity index (χ4v) is 2.73. The van der Waals surface area contributed by atoms with E-state index < -0.39 is 0 Å². The van der Waals surface area contributed by atoms with Gasteiger partial charge in [0.1, 0.15) is 5.82 Å². The van der Waals surface area contributed by atoms with Crippen LogP contribution in [-0.2, 0) is 12.8 Å². The van der Waals surface area contributed by atoms with Crippen LogP contribution >= 0.6 is 27.5 Å². The predicted molar refractivity (Wildman–Crippen MR) is 88.2 cm³/mol. The van der Waals surface area contributed by atoms with E-state index in [1.54, 1.807) is 18.3 Å². The molecule has 1 heterocycles. The quantitative estimate of drug-likeness (QED) is 0.814. The highest BCUT2D eigenvalue weighted by atomic mass is 79.9. The number of nitrogens with one attached hydrogen (secondary N) is 1. The number of aromatic nitrogens is 1. The number of hydrogen-bond acceptors (Lipinski definition) is 2. The molecule has 1 N–H and O–H groups in total. The normalized spacial score (nSPS) is 12.4. The van der Waals surface area contributed by atoms with E-state index in [1.165, 1.54) is 6.07 Å². The van der Waals surface area contributed by atoms with Gasteiger partial charge in [0.15, 0.2) is 0 Å². The second-order valence-electron chi connectivity index (χ2n) is 4.83. The van der Waals surface area contributed by atoms with Crippen molar-refractivity contribution >= 4 is 27.5 Å². The van der Waals surface area contributed by atoms with Crippen molar-refractivity contribution in [2.24, 2.45) is 0 Å². The third-order valence-electron chi connectivity index (χ3n) is 3.25. The topological polar surface area (TPSA) is 24.9 Å². The number of nitrogens with zero attached hydrogens (tertiary/aromatic N) is 1. The van der Waals surface area contributed by atoms with Gasteiger partial charge in [-0.15, -0.1) is 0 Å². The molecule has 1 aromatic carbocycles. The highest BCUT2D eigenvalue weighted by Crippen LogP contribution is 2.21. The summed E-state index contributed by atoms with van der Waals surface area (Å²) in [5.74, 6) is -0.255. The lowest BCUT2D eigenvalue weighted by molar-refractivity contribution is 0.502. The van der Waals surface area contributed by atoms with Gasteiger partial charge < -0.3 is 5.32 Å². The van der Waals surface area contributed by atoms with E-state index in [0.29, 0.717) is 17.0 Å². The van der Waals surface area contributed by atoms with Crippen molar-refractivity contribution < 1.29 is 4.39 Å². The molecule has 112 valence electrons. The SMILES string of the molecule is CCNC(Cc1ccc(Br)cn1)Cc1c(F)cccc1Cl. The lowest BCUT2D eigenvalue weighted by atomic mass is 10.0. The van der Waals surface area contributed by atoms with E-state index >= 15 is 0 Å². The fourth-order valence-electron chi connectivity index (χ4n) is 2.26. The largest absolute Gasteiger partial charge is 0.314 e. The maximum absolute atomic E-state index is 13.9. The Morgan fingerprint density at radius 2 is 2.10 bits per heavy atom. The van der Waals surface area contributed by atoms with Gasteiger partial charge in [-0.25, -0.2) is 4.39 Å². The van der Waals surface area contributed by atoms with E-state index in [0.717, 1.165) is 23.1 Å². The second kappa shape index (κ2) is 7.87. The summed E-state index contributed by atoms with van der Waals surface area (Å²) >= 11 is 9.48. The monoisotopic (exact) mass is 370 g/mol. The summed E-state index contributed by atoms with van der Waals surface area (Å²) in [5.41, 5.74) is 1.53. The minimum Gasteiger partial charge on any atom is -0.314 e. The molecule has 21 heavy (non-hydrogen) atoms. The molecule has 0 aliphatic heterocycles. The van der Waals surface area contributed by atoms with Crippen molar-refractivity contribution in [2.45, 2.75) is 25.8 Å². The van der Waals surface area contributed by atoms with Crippen LogP contribution in [-0.4, -0.2) is 17.6 Å². The Hall–Kier alpha value is -0.970. The van der Waals surface area contributed by atoms with Crippen LogP contribution in [0.1, 0.15) is 18.2 Å². The number of rotatable bonds is 6. The first kappa shape index (κ1) is 16.4. The maximum atomic E-state index is 13.9. The van der Waals surface area contributed by atoms with Crippen LogP contribution in [0.15, 0.2) is 41.0 Å². The first-order valence-electron chi connectivity index (χ1n) is 6.87. The maximum Gasteiger partial charge on any atom is 0.127 e.